The van der Waals surface area contributed by atoms with Gasteiger partial charge in [-0.1, -0.05) is 24.3 Å². The first-order chi connectivity index (χ1) is 15.6. The lowest BCUT2D eigenvalue weighted by atomic mass is 10.0. The molecule has 5 rings (SSSR count). The third-order valence-electron chi connectivity index (χ3n) is 5.72. The van der Waals surface area contributed by atoms with E-state index in [-0.39, 0.29) is 5.91 Å². The monoisotopic (exact) mass is 447 g/mol. The molecule has 1 amide bonds. The van der Waals surface area contributed by atoms with Crippen LogP contribution in [0.1, 0.15) is 27.3 Å². The summed E-state index contributed by atoms with van der Waals surface area (Å²) < 4.78 is 7.56. The molecule has 3 aromatic heterocycles. The largest absolute Gasteiger partial charge is 0.378 e. The Morgan fingerprint density at radius 1 is 1.12 bits per heavy atom. The molecule has 1 saturated heterocycles. The summed E-state index contributed by atoms with van der Waals surface area (Å²) in [5.41, 5.74) is 5.64. The Morgan fingerprint density at radius 2 is 1.94 bits per heavy atom. The molecule has 0 saturated carbocycles. The molecular weight excluding hydrogens is 422 g/mol. The van der Waals surface area contributed by atoms with E-state index in [1.54, 1.807) is 11.3 Å². The lowest BCUT2D eigenvalue weighted by Crippen LogP contribution is -2.38. The van der Waals surface area contributed by atoms with Gasteiger partial charge < -0.3 is 15.0 Å². The minimum Gasteiger partial charge on any atom is -0.378 e. The Hall–Kier alpha value is -3.23. The third kappa shape index (κ3) is 3.99. The van der Waals surface area contributed by atoms with Gasteiger partial charge in [-0.2, -0.15) is 0 Å². The number of hydrogen-bond acceptors (Lipinski definition) is 6. The van der Waals surface area contributed by atoms with Crippen LogP contribution in [0.5, 0.6) is 0 Å². The highest BCUT2D eigenvalue weighted by atomic mass is 32.1. The fourth-order valence-electron chi connectivity index (χ4n) is 3.94. The van der Waals surface area contributed by atoms with Crippen LogP contribution in [0.4, 0.5) is 5.82 Å². The van der Waals surface area contributed by atoms with Crippen LogP contribution in [0.2, 0.25) is 0 Å². The van der Waals surface area contributed by atoms with Crippen LogP contribution < -0.4 is 10.2 Å². The Balaban J connectivity index is 1.43. The second kappa shape index (κ2) is 8.72. The van der Waals surface area contributed by atoms with E-state index in [2.05, 4.69) is 39.6 Å². The number of aryl methyl sites for hydroxylation is 2. The summed E-state index contributed by atoms with van der Waals surface area (Å²) in [7, 11) is 0. The van der Waals surface area contributed by atoms with Crippen LogP contribution in [-0.2, 0) is 11.3 Å². The smallest absolute Gasteiger partial charge is 0.255 e. The standard InChI is InChI=1S/C24H25N5O2S/c1-16-5-3-4-6-19(16)21-8-7-20(22(27-21)28-9-11-31-12-10-28)23(30)25-13-18-14-29-17(2)15-32-24(29)26-18/h3-8,14-15H,9-13H2,1-2H3,(H,25,30). The first-order valence-corrected chi connectivity index (χ1v) is 11.6. The van der Waals surface area contributed by atoms with E-state index < -0.39 is 0 Å². The number of benzene rings is 1. The summed E-state index contributed by atoms with van der Waals surface area (Å²) in [6, 6.07) is 12.0. The van der Waals surface area contributed by atoms with Crippen molar-refractivity contribution in [3.8, 4) is 11.3 Å². The Bertz CT molecular complexity index is 1270. The second-order valence-corrected chi connectivity index (χ2v) is 8.76. The lowest BCUT2D eigenvalue weighted by molar-refractivity contribution is 0.0948. The number of morpholine rings is 1. The Labute approximate surface area is 190 Å². The molecule has 164 valence electrons. The van der Waals surface area contributed by atoms with Gasteiger partial charge >= 0.3 is 0 Å². The number of anilines is 1. The molecule has 0 atom stereocenters. The van der Waals surface area contributed by atoms with Crippen molar-refractivity contribution in [2.45, 2.75) is 20.4 Å². The lowest BCUT2D eigenvalue weighted by Gasteiger charge is -2.29. The zero-order valence-electron chi connectivity index (χ0n) is 18.2. The first-order valence-electron chi connectivity index (χ1n) is 10.7. The molecule has 0 aliphatic carbocycles. The number of imidazole rings is 1. The van der Waals surface area contributed by atoms with Gasteiger partial charge in [0.25, 0.3) is 5.91 Å². The van der Waals surface area contributed by atoms with Crippen molar-refractivity contribution >= 4 is 28.0 Å². The molecule has 0 unspecified atom stereocenters. The van der Waals surface area contributed by atoms with Gasteiger partial charge in [0.05, 0.1) is 36.7 Å². The number of carbonyl (C=O) groups excluding carboxylic acids is 1. The van der Waals surface area contributed by atoms with Crippen LogP contribution in [0, 0.1) is 13.8 Å². The molecule has 32 heavy (non-hydrogen) atoms. The molecule has 0 bridgehead atoms. The molecule has 4 heterocycles. The van der Waals surface area contributed by atoms with Crippen molar-refractivity contribution in [2.24, 2.45) is 0 Å². The number of ether oxygens (including phenoxy) is 1. The van der Waals surface area contributed by atoms with Crippen molar-refractivity contribution in [3.63, 3.8) is 0 Å². The average Bonchev–Trinajstić information content (AvgIpc) is 3.39. The Kier molecular flexibility index (Phi) is 5.63. The van der Waals surface area contributed by atoms with Crippen LogP contribution in [0.3, 0.4) is 0 Å². The fourth-order valence-corrected chi connectivity index (χ4v) is 4.81. The van der Waals surface area contributed by atoms with Gasteiger partial charge in [0.15, 0.2) is 4.96 Å². The maximum Gasteiger partial charge on any atom is 0.255 e. The predicted octanol–water partition coefficient (Wildman–Crippen LogP) is 3.84. The summed E-state index contributed by atoms with van der Waals surface area (Å²) in [6.07, 6.45) is 1.98. The number of hydrogen-bond donors (Lipinski definition) is 1. The molecule has 1 fully saturated rings. The van der Waals surface area contributed by atoms with Gasteiger partial charge in [-0.05, 0) is 31.5 Å². The minimum atomic E-state index is -0.150. The van der Waals surface area contributed by atoms with Gasteiger partial charge in [-0.15, -0.1) is 11.3 Å². The second-order valence-electron chi connectivity index (χ2n) is 7.93. The fraction of sp³-hybridized carbons (Fsp3) is 0.292. The van der Waals surface area contributed by atoms with E-state index in [1.165, 1.54) is 0 Å². The molecule has 1 aromatic carbocycles. The normalized spacial score (nSPS) is 14.1. The van der Waals surface area contributed by atoms with E-state index in [9.17, 15) is 4.79 Å². The summed E-state index contributed by atoms with van der Waals surface area (Å²) in [5.74, 6) is 0.552. The molecule has 1 aliphatic heterocycles. The first kappa shape index (κ1) is 20.7. The average molecular weight is 448 g/mol. The Morgan fingerprint density at radius 3 is 2.72 bits per heavy atom. The number of nitrogens with one attached hydrogen (secondary N) is 1. The highest BCUT2D eigenvalue weighted by Gasteiger charge is 2.22. The van der Waals surface area contributed by atoms with Gasteiger partial charge in [0.1, 0.15) is 5.82 Å². The number of rotatable bonds is 5. The summed E-state index contributed by atoms with van der Waals surface area (Å²) in [5, 5.41) is 5.10. The zero-order chi connectivity index (χ0) is 22.1. The molecule has 0 spiro atoms. The molecular formula is C24H25N5O2S. The topological polar surface area (TPSA) is 71.8 Å². The van der Waals surface area contributed by atoms with Crippen molar-refractivity contribution in [2.75, 3.05) is 31.2 Å². The third-order valence-corrected chi connectivity index (χ3v) is 6.68. The van der Waals surface area contributed by atoms with Gasteiger partial charge in [-0.25, -0.2) is 9.97 Å². The minimum absolute atomic E-state index is 0.150. The van der Waals surface area contributed by atoms with E-state index in [1.807, 2.05) is 41.8 Å². The van der Waals surface area contributed by atoms with Gasteiger partial charge in [0, 0.05) is 35.9 Å². The summed E-state index contributed by atoms with van der Waals surface area (Å²) in [4.78, 5) is 25.8. The number of carbonyl (C=O) groups is 1. The molecule has 7 nitrogen and oxygen atoms in total. The van der Waals surface area contributed by atoms with Crippen molar-refractivity contribution < 1.29 is 9.53 Å². The van der Waals surface area contributed by atoms with E-state index in [0.29, 0.717) is 44.2 Å². The van der Waals surface area contributed by atoms with Crippen LogP contribution >= 0.6 is 11.3 Å². The highest BCUT2D eigenvalue weighted by Crippen LogP contribution is 2.27. The number of pyridine rings is 1. The SMILES string of the molecule is Cc1ccccc1-c1ccc(C(=O)NCc2cn3c(C)csc3n2)c(N2CCOCC2)n1. The van der Waals surface area contributed by atoms with Crippen molar-refractivity contribution in [1.29, 1.82) is 0 Å². The molecule has 1 N–H and O–H groups in total. The molecule has 1 aliphatic rings. The number of fused-ring (bicyclic) bond motifs is 1. The van der Waals surface area contributed by atoms with Crippen LogP contribution in [-0.4, -0.2) is 46.6 Å². The van der Waals surface area contributed by atoms with Crippen molar-refractivity contribution in [3.05, 3.63) is 70.5 Å². The van der Waals surface area contributed by atoms with E-state index in [4.69, 9.17) is 9.72 Å². The summed E-state index contributed by atoms with van der Waals surface area (Å²) in [6.45, 7) is 7.16. The molecule has 8 heteroatoms. The molecule has 4 aromatic rings. The van der Waals surface area contributed by atoms with Crippen LogP contribution in [0.15, 0.2) is 48.0 Å². The van der Waals surface area contributed by atoms with E-state index in [0.717, 1.165) is 33.2 Å². The van der Waals surface area contributed by atoms with E-state index >= 15 is 0 Å². The van der Waals surface area contributed by atoms with Crippen LogP contribution in [0.25, 0.3) is 16.2 Å². The van der Waals surface area contributed by atoms with Crippen molar-refractivity contribution in [1.82, 2.24) is 19.7 Å². The number of thiazole rings is 1. The number of aromatic nitrogens is 3. The maximum absolute atomic E-state index is 13.2. The molecule has 0 radical (unpaired) electrons. The maximum atomic E-state index is 13.2. The summed E-state index contributed by atoms with van der Waals surface area (Å²) >= 11 is 1.60. The van der Waals surface area contributed by atoms with Gasteiger partial charge in [0.2, 0.25) is 0 Å². The van der Waals surface area contributed by atoms with Gasteiger partial charge in [-0.3, -0.25) is 9.20 Å². The number of nitrogens with zero attached hydrogens (tertiary/aromatic N) is 4. The predicted molar refractivity (Wildman–Crippen MR) is 126 cm³/mol. The quantitative estimate of drug-likeness (QED) is 0.503. The highest BCUT2D eigenvalue weighted by molar-refractivity contribution is 7.15. The number of amides is 1. The zero-order valence-corrected chi connectivity index (χ0v) is 19.0.